The minimum Gasteiger partial charge on any atom is -0.254 e. The average molecular weight is 251 g/mol. The molecule has 0 spiro atoms. The fourth-order valence-electron chi connectivity index (χ4n) is 1.39. The lowest BCUT2D eigenvalue weighted by molar-refractivity contribution is 0.682. The van der Waals surface area contributed by atoms with E-state index in [1.54, 1.807) is 0 Å². The van der Waals surface area contributed by atoms with Crippen molar-refractivity contribution in [1.82, 2.24) is 0 Å². The second-order valence-corrected chi connectivity index (χ2v) is 5.32. The fraction of sp³-hybridized carbons (Fsp3) is 0.0769. The SMILES string of the molecule is O=[S@@](Cc1ccc(Cl)cc1)c1ccccc1. The molecule has 1 nitrogen and oxygen atoms in total. The molecule has 0 amide bonds. The third-order valence-corrected chi connectivity index (χ3v) is 3.86. The zero-order valence-corrected chi connectivity index (χ0v) is 10.2. The molecule has 0 aliphatic heterocycles. The Morgan fingerprint density at radius 2 is 1.56 bits per heavy atom. The van der Waals surface area contributed by atoms with E-state index in [1.165, 1.54) is 0 Å². The van der Waals surface area contributed by atoms with Crippen LogP contribution in [0.5, 0.6) is 0 Å². The highest BCUT2D eigenvalue weighted by molar-refractivity contribution is 7.84. The molecule has 2 aromatic carbocycles. The topological polar surface area (TPSA) is 17.1 Å². The quantitative estimate of drug-likeness (QED) is 0.813. The van der Waals surface area contributed by atoms with E-state index in [0.717, 1.165) is 10.5 Å². The van der Waals surface area contributed by atoms with Crippen molar-refractivity contribution in [1.29, 1.82) is 0 Å². The van der Waals surface area contributed by atoms with E-state index in [1.807, 2.05) is 54.6 Å². The highest BCUT2D eigenvalue weighted by Gasteiger charge is 2.03. The molecule has 0 unspecified atom stereocenters. The molecule has 16 heavy (non-hydrogen) atoms. The summed E-state index contributed by atoms with van der Waals surface area (Å²) in [6.45, 7) is 0. The highest BCUT2D eigenvalue weighted by Crippen LogP contribution is 2.14. The standard InChI is InChI=1S/C13H11ClOS/c14-12-8-6-11(7-9-12)10-16(15)13-4-2-1-3-5-13/h1-9H,10H2/t16-/m0/s1. The first-order valence-corrected chi connectivity index (χ1v) is 6.63. The molecular weight excluding hydrogens is 240 g/mol. The first-order valence-electron chi connectivity index (χ1n) is 4.93. The summed E-state index contributed by atoms with van der Waals surface area (Å²) in [4.78, 5) is 0.859. The van der Waals surface area contributed by atoms with Crippen LogP contribution >= 0.6 is 11.6 Å². The Hall–Kier alpha value is -1.12. The summed E-state index contributed by atoms with van der Waals surface area (Å²) in [5.74, 6) is 0.529. The van der Waals surface area contributed by atoms with Crippen LogP contribution in [-0.2, 0) is 16.6 Å². The number of halogens is 1. The molecule has 0 N–H and O–H groups in total. The summed E-state index contributed by atoms with van der Waals surface area (Å²) >= 11 is 5.79. The van der Waals surface area contributed by atoms with Gasteiger partial charge in [-0.2, -0.15) is 0 Å². The van der Waals surface area contributed by atoms with E-state index in [-0.39, 0.29) is 0 Å². The van der Waals surface area contributed by atoms with Gasteiger partial charge in [0.05, 0.1) is 16.6 Å². The molecular formula is C13H11ClOS. The molecule has 0 fully saturated rings. The van der Waals surface area contributed by atoms with Gasteiger partial charge in [0, 0.05) is 9.92 Å². The summed E-state index contributed by atoms with van der Waals surface area (Å²) in [5.41, 5.74) is 1.03. The third kappa shape index (κ3) is 2.94. The van der Waals surface area contributed by atoms with E-state index < -0.39 is 10.8 Å². The smallest absolute Gasteiger partial charge is 0.0574 e. The number of benzene rings is 2. The van der Waals surface area contributed by atoms with Crippen LogP contribution in [0, 0.1) is 0 Å². The van der Waals surface area contributed by atoms with Crippen molar-refractivity contribution in [2.75, 3.05) is 0 Å². The third-order valence-electron chi connectivity index (χ3n) is 2.22. The van der Waals surface area contributed by atoms with Gasteiger partial charge in [-0.25, -0.2) is 0 Å². The van der Waals surface area contributed by atoms with Crippen molar-refractivity contribution in [2.45, 2.75) is 10.6 Å². The summed E-state index contributed by atoms with van der Waals surface area (Å²) < 4.78 is 12.0. The van der Waals surface area contributed by atoms with Crippen LogP contribution < -0.4 is 0 Å². The molecule has 0 aliphatic carbocycles. The molecule has 0 aliphatic rings. The lowest BCUT2D eigenvalue weighted by Crippen LogP contribution is -1.95. The van der Waals surface area contributed by atoms with Gasteiger partial charge in [-0.15, -0.1) is 0 Å². The highest BCUT2D eigenvalue weighted by atomic mass is 35.5. The van der Waals surface area contributed by atoms with Gasteiger partial charge >= 0.3 is 0 Å². The second kappa shape index (κ2) is 5.28. The maximum absolute atomic E-state index is 12.0. The molecule has 3 heteroatoms. The largest absolute Gasteiger partial charge is 0.254 e. The Labute approximate surface area is 103 Å². The molecule has 0 heterocycles. The maximum Gasteiger partial charge on any atom is 0.0574 e. The van der Waals surface area contributed by atoms with E-state index in [9.17, 15) is 4.21 Å². The van der Waals surface area contributed by atoms with Gasteiger partial charge in [0.2, 0.25) is 0 Å². The van der Waals surface area contributed by atoms with Crippen LogP contribution in [0.1, 0.15) is 5.56 Å². The molecule has 0 saturated carbocycles. The van der Waals surface area contributed by atoms with E-state index in [2.05, 4.69) is 0 Å². The van der Waals surface area contributed by atoms with Crippen LogP contribution in [0.4, 0.5) is 0 Å². The predicted molar refractivity (Wildman–Crippen MR) is 68.0 cm³/mol. The van der Waals surface area contributed by atoms with Gasteiger partial charge in [0.15, 0.2) is 0 Å². The first-order chi connectivity index (χ1) is 7.75. The normalized spacial score (nSPS) is 12.3. The van der Waals surface area contributed by atoms with Crippen molar-refractivity contribution in [3.8, 4) is 0 Å². The van der Waals surface area contributed by atoms with Crippen molar-refractivity contribution >= 4 is 22.4 Å². The van der Waals surface area contributed by atoms with Gasteiger partial charge < -0.3 is 0 Å². The Balaban J connectivity index is 2.11. The molecule has 82 valence electrons. The minimum absolute atomic E-state index is 0.529. The number of hydrogen-bond donors (Lipinski definition) is 0. The molecule has 0 saturated heterocycles. The van der Waals surface area contributed by atoms with E-state index in [4.69, 9.17) is 11.6 Å². The van der Waals surface area contributed by atoms with Gasteiger partial charge in [-0.3, -0.25) is 4.21 Å². The molecule has 1 atom stereocenters. The van der Waals surface area contributed by atoms with Crippen molar-refractivity contribution in [3.63, 3.8) is 0 Å². The van der Waals surface area contributed by atoms with E-state index in [0.29, 0.717) is 10.8 Å². The molecule has 2 aromatic rings. The maximum atomic E-state index is 12.0. The second-order valence-electron chi connectivity index (χ2n) is 3.43. The van der Waals surface area contributed by atoms with Crippen molar-refractivity contribution < 1.29 is 4.21 Å². The zero-order chi connectivity index (χ0) is 11.4. The van der Waals surface area contributed by atoms with Crippen LogP contribution in [0.2, 0.25) is 5.02 Å². The van der Waals surface area contributed by atoms with Gasteiger partial charge in [-0.1, -0.05) is 41.9 Å². The average Bonchev–Trinajstić information content (AvgIpc) is 2.33. The first kappa shape index (κ1) is 11.4. The zero-order valence-electron chi connectivity index (χ0n) is 8.60. The van der Waals surface area contributed by atoms with E-state index >= 15 is 0 Å². The van der Waals surface area contributed by atoms with Gasteiger partial charge in [-0.05, 0) is 29.8 Å². The Kier molecular flexibility index (Phi) is 3.75. The van der Waals surface area contributed by atoms with Crippen LogP contribution in [0.25, 0.3) is 0 Å². The minimum atomic E-state index is -0.984. The van der Waals surface area contributed by atoms with Crippen molar-refractivity contribution in [2.24, 2.45) is 0 Å². The summed E-state index contributed by atoms with van der Waals surface area (Å²) in [6.07, 6.45) is 0. The van der Waals surface area contributed by atoms with Crippen LogP contribution in [0.3, 0.4) is 0 Å². The molecule has 0 bridgehead atoms. The lowest BCUT2D eigenvalue weighted by atomic mass is 10.2. The molecule has 0 aromatic heterocycles. The lowest BCUT2D eigenvalue weighted by Gasteiger charge is -2.02. The van der Waals surface area contributed by atoms with Crippen molar-refractivity contribution in [3.05, 3.63) is 65.2 Å². The summed E-state index contributed by atoms with van der Waals surface area (Å²) in [5, 5.41) is 0.703. The van der Waals surface area contributed by atoms with Crippen LogP contribution in [0.15, 0.2) is 59.5 Å². The molecule has 0 radical (unpaired) electrons. The number of hydrogen-bond acceptors (Lipinski definition) is 1. The van der Waals surface area contributed by atoms with Gasteiger partial charge in [0.25, 0.3) is 0 Å². The summed E-state index contributed by atoms with van der Waals surface area (Å²) in [6, 6.07) is 16.9. The Morgan fingerprint density at radius 1 is 0.938 bits per heavy atom. The predicted octanol–water partition coefficient (Wildman–Crippen LogP) is 3.65. The van der Waals surface area contributed by atoms with Gasteiger partial charge in [0.1, 0.15) is 0 Å². The number of rotatable bonds is 3. The molecule has 2 rings (SSSR count). The fourth-order valence-corrected chi connectivity index (χ4v) is 2.64. The summed E-state index contributed by atoms with van der Waals surface area (Å²) in [7, 11) is -0.984. The van der Waals surface area contributed by atoms with Crippen LogP contribution in [-0.4, -0.2) is 4.21 Å². The Bertz CT molecular complexity index is 479. The Morgan fingerprint density at radius 3 is 2.19 bits per heavy atom. The monoisotopic (exact) mass is 250 g/mol.